The molecule has 0 aromatic carbocycles. The van der Waals surface area contributed by atoms with Crippen molar-refractivity contribution in [2.45, 2.75) is 6.18 Å². The van der Waals surface area contributed by atoms with Crippen LogP contribution in [0.4, 0.5) is 13.2 Å². The van der Waals surface area contributed by atoms with Crippen molar-refractivity contribution >= 4 is 28.5 Å². The molecule has 0 saturated carbocycles. The fourth-order valence-corrected chi connectivity index (χ4v) is 1.62. The van der Waals surface area contributed by atoms with Crippen molar-refractivity contribution in [2.24, 2.45) is 5.73 Å². The van der Waals surface area contributed by atoms with E-state index in [4.69, 9.17) is 5.73 Å². The van der Waals surface area contributed by atoms with Gasteiger partial charge in [0.25, 0.3) is 5.91 Å². The molecule has 0 saturated heterocycles. The Morgan fingerprint density at radius 1 is 1.50 bits per heavy atom. The number of pyridine rings is 1. The number of rotatable bonds is 1. The first-order chi connectivity index (χ1) is 6.34. The SMILES string of the molecule is NC(=O)c1nccc(I)c1C(F)(F)F. The van der Waals surface area contributed by atoms with Crippen molar-refractivity contribution in [3.05, 3.63) is 27.1 Å². The minimum Gasteiger partial charge on any atom is -0.364 e. The number of nitrogens with two attached hydrogens (primary N) is 1. The van der Waals surface area contributed by atoms with Crippen LogP contribution in [0, 0.1) is 3.57 Å². The molecule has 3 nitrogen and oxygen atoms in total. The van der Waals surface area contributed by atoms with Gasteiger partial charge in [0.05, 0.1) is 0 Å². The molecule has 0 unspecified atom stereocenters. The lowest BCUT2D eigenvalue weighted by molar-refractivity contribution is -0.138. The Morgan fingerprint density at radius 2 is 2.07 bits per heavy atom. The zero-order valence-electron chi connectivity index (χ0n) is 6.60. The second-order valence-electron chi connectivity index (χ2n) is 2.38. The summed E-state index contributed by atoms with van der Waals surface area (Å²) in [6.07, 6.45) is -3.51. The number of primary amides is 1. The molecule has 1 rings (SSSR count). The van der Waals surface area contributed by atoms with E-state index >= 15 is 0 Å². The monoisotopic (exact) mass is 316 g/mol. The molecule has 14 heavy (non-hydrogen) atoms. The summed E-state index contributed by atoms with van der Waals surface area (Å²) in [5.41, 5.74) is 2.95. The number of amides is 1. The second-order valence-corrected chi connectivity index (χ2v) is 3.54. The van der Waals surface area contributed by atoms with E-state index in [1.807, 2.05) is 0 Å². The van der Waals surface area contributed by atoms with Crippen LogP contribution in [0.15, 0.2) is 12.3 Å². The maximum absolute atomic E-state index is 12.4. The van der Waals surface area contributed by atoms with E-state index in [-0.39, 0.29) is 3.57 Å². The van der Waals surface area contributed by atoms with Crippen LogP contribution in [-0.2, 0) is 6.18 Å². The Labute approximate surface area is 90.6 Å². The highest BCUT2D eigenvalue weighted by molar-refractivity contribution is 14.1. The van der Waals surface area contributed by atoms with E-state index < -0.39 is 23.3 Å². The van der Waals surface area contributed by atoms with Gasteiger partial charge in [-0.15, -0.1) is 0 Å². The van der Waals surface area contributed by atoms with Crippen LogP contribution >= 0.6 is 22.6 Å². The highest BCUT2D eigenvalue weighted by Crippen LogP contribution is 2.34. The topological polar surface area (TPSA) is 56.0 Å². The first kappa shape index (κ1) is 11.2. The molecule has 0 spiro atoms. The molecule has 0 radical (unpaired) electrons. The summed E-state index contributed by atoms with van der Waals surface area (Å²) in [6, 6.07) is 1.16. The van der Waals surface area contributed by atoms with Gasteiger partial charge in [-0.25, -0.2) is 0 Å². The Kier molecular flexibility index (Phi) is 2.98. The normalized spacial score (nSPS) is 11.4. The summed E-state index contributed by atoms with van der Waals surface area (Å²) >= 11 is 1.48. The third-order valence-electron chi connectivity index (χ3n) is 1.42. The smallest absolute Gasteiger partial charge is 0.364 e. The predicted molar refractivity (Wildman–Crippen MR) is 50.5 cm³/mol. The van der Waals surface area contributed by atoms with E-state index in [1.54, 1.807) is 0 Å². The van der Waals surface area contributed by atoms with Crippen molar-refractivity contribution in [2.75, 3.05) is 0 Å². The number of nitrogens with zero attached hydrogens (tertiary/aromatic N) is 1. The van der Waals surface area contributed by atoms with Crippen molar-refractivity contribution in [1.29, 1.82) is 0 Å². The lowest BCUT2D eigenvalue weighted by atomic mass is 10.2. The molecule has 0 bridgehead atoms. The Morgan fingerprint density at radius 3 is 2.43 bits per heavy atom. The number of hydrogen-bond donors (Lipinski definition) is 1. The zero-order valence-corrected chi connectivity index (χ0v) is 8.76. The fourth-order valence-electron chi connectivity index (χ4n) is 0.895. The summed E-state index contributed by atoms with van der Waals surface area (Å²) < 4.78 is 37.2. The summed E-state index contributed by atoms with van der Waals surface area (Å²) in [5, 5.41) is 0. The summed E-state index contributed by atoms with van der Waals surface area (Å²) in [5.74, 6) is -1.18. The average molecular weight is 316 g/mol. The van der Waals surface area contributed by atoms with Crippen LogP contribution in [0.5, 0.6) is 0 Å². The van der Waals surface area contributed by atoms with Gasteiger partial charge in [0, 0.05) is 9.77 Å². The van der Waals surface area contributed by atoms with Gasteiger partial charge in [-0.1, -0.05) is 0 Å². The van der Waals surface area contributed by atoms with E-state index in [1.165, 1.54) is 22.6 Å². The largest absolute Gasteiger partial charge is 0.419 e. The molecule has 1 aromatic rings. The number of halogens is 4. The lowest BCUT2D eigenvalue weighted by Crippen LogP contribution is -2.21. The molecular weight excluding hydrogens is 312 g/mol. The molecule has 0 aliphatic heterocycles. The summed E-state index contributed by atoms with van der Waals surface area (Å²) in [6.45, 7) is 0. The molecule has 0 aliphatic carbocycles. The first-order valence-electron chi connectivity index (χ1n) is 3.35. The molecule has 2 N–H and O–H groups in total. The molecule has 0 atom stereocenters. The lowest BCUT2D eigenvalue weighted by Gasteiger charge is -2.11. The van der Waals surface area contributed by atoms with Crippen molar-refractivity contribution in [1.82, 2.24) is 4.98 Å². The van der Waals surface area contributed by atoms with Gasteiger partial charge in [-0.3, -0.25) is 9.78 Å². The van der Waals surface area contributed by atoms with E-state index in [0.717, 1.165) is 12.3 Å². The number of alkyl halides is 3. The number of aromatic nitrogens is 1. The molecule has 0 aliphatic rings. The van der Waals surface area contributed by atoms with E-state index in [9.17, 15) is 18.0 Å². The predicted octanol–water partition coefficient (Wildman–Crippen LogP) is 1.80. The first-order valence-corrected chi connectivity index (χ1v) is 4.43. The van der Waals surface area contributed by atoms with Crippen LogP contribution in [0.2, 0.25) is 0 Å². The van der Waals surface area contributed by atoms with E-state index in [0.29, 0.717) is 0 Å². The molecule has 1 amide bonds. The molecule has 76 valence electrons. The van der Waals surface area contributed by atoms with Crippen LogP contribution in [0.25, 0.3) is 0 Å². The van der Waals surface area contributed by atoms with Gasteiger partial charge >= 0.3 is 6.18 Å². The molecular formula is C7H4F3IN2O. The van der Waals surface area contributed by atoms with Crippen molar-refractivity contribution in [3.63, 3.8) is 0 Å². The summed E-state index contributed by atoms with van der Waals surface area (Å²) in [7, 11) is 0. The van der Waals surface area contributed by atoms with Crippen molar-refractivity contribution in [3.8, 4) is 0 Å². The minimum absolute atomic E-state index is 0.0982. The second kappa shape index (κ2) is 3.71. The quantitative estimate of drug-likeness (QED) is 0.803. The maximum Gasteiger partial charge on any atom is 0.419 e. The van der Waals surface area contributed by atoms with Gasteiger partial charge in [-0.05, 0) is 28.7 Å². The fraction of sp³-hybridized carbons (Fsp3) is 0.143. The van der Waals surface area contributed by atoms with Gasteiger partial charge < -0.3 is 5.73 Å². The summed E-state index contributed by atoms with van der Waals surface area (Å²) in [4.78, 5) is 14.0. The minimum atomic E-state index is -4.62. The number of carbonyl (C=O) groups is 1. The van der Waals surface area contributed by atoms with Crippen LogP contribution in [0.1, 0.15) is 16.1 Å². The molecule has 7 heteroatoms. The van der Waals surface area contributed by atoms with Gasteiger partial charge in [0.1, 0.15) is 11.3 Å². The number of hydrogen-bond acceptors (Lipinski definition) is 2. The maximum atomic E-state index is 12.4. The Balaban J connectivity index is 3.45. The van der Waals surface area contributed by atoms with E-state index in [2.05, 4.69) is 4.98 Å². The van der Waals surface area contributed by atoms with Crippen LogP contribution < -0.4 is 5.73 Å². The van der Waals surface area contributed by atoms with Crippen LogP contribution in [-0.4, -0.2) is 10.9 Å². The van der Waals surface area contributed by atoms with Crippen molar-refractivity contribution < 1.29 is 18.0 Å². The van der Waals surface area contributed by atoms with Crippen LogP contribution in [0.3, 0.4) is 0 Å². The Hall–Kier alpha value is -0.860. The standard InChI is InChI=1S/C7H4F3IN2O/c8-7(9,10)4-3(11)1-2-13-5(4)6(12)14/h1-2H,(H2,12,14). The molecule has 1 heterocycles. The van der Waals surface area contributed by atoms with Gasteiger partial charge in [-0.2, -0.15) is 13.2 Å². The third-order valence-corrected chi connectivity index (χ3v) is 2.32. The Bertz CT molecular complexity index is 378. The molecule has 0 fully saturated rings. The van der Waals surface area contributed by atoms with Gasteiger partial charge in [0.15, 0.2) is 0 Å². The van der Waals surface area contributed by atoms with Gasteiger partial charge in [0.2, 0.25) is 0 Å². The molecule has 1 aromatic heterocycles. The average Bonchev–Trinajstić information content (AvgIpc) is 2.01. The highest BCUT2D eigenvalue weighted by atomic mass is 127. The highest BCUT2D eigenvalue weighted by Gasteiger charge is 2.37. The zero-order chi connectivity index (χ0) is 10.9. The number of carbonyl (C=O) groups excluding carboxylic acids is 1. The third kappa shape index (κ3) is 2.14.